The number of aliphatic carboxylic acids is 1. The lowest BCUT2D eigenvalue weighted by atomic mass is 9.96. The number of hydrogen-bond acceptors (Lipinski definition) is 3. The van der Waals surface area contributed by atoms with E-state index >= 15 is 0 Å². The molecule has 0 unspecified atom stereocenters. The molecule has 0 bridgehead atoms. The van der Waals surface area contributed by atoms with E-state index < -0.39 is 5.97 Å². The molecular weight excluding hydrogens is 282 g/mol. The molecule has 1 aromatic heterocycles. The van der Waals surface area contributed by atoms with Crippen molar-refractivity contribution in [3.8, 4) is 0 Å². The Bertz CT molecular complexity index is 711. The fourth-order valence-electron chi connectivity index (χ4n) is 2.96. The second-order valence-electron chi connectivity index (χ2n) is 5.74. The Labute approximate surface area is 128 Å². The Hall–Kier alpha value is -2.30. The standard InChI is InChI=1S/C17H19NO4/c1-2-11-3-4-15-13(9-11)14(10-22-15)16(19)18-7-5-12(6-8-18)17(20)21/h3-4,9-10,12H,2,5-8H2,1H3,(H,20,21). The first kappa shape index (κ1) is 14.6. The van der Waals surface area contributed by atoms with Crippen molar-refractivity contribution in [3.05, 3.63) is 35.6 Å². The molecule has 3 rings (SSSR count). The van der Waals surface area contributed by atoms with Crippen LogP contribution >= 0.6 is 0 Å². The number of likely N-dealkylation sites (tertiary alicyclic amines) is 1. The fourth-order valence-corrected chi connectivity index (χ4v) is 2.96. The Kier molecular flexibility index (Phi) is 3.88. The molecule has 1 N–H and O–H groups in total. The normalized spacial score (nSPS) is 16.1. The van der Waals surface area contributed by atoms with Gasteiger partial charge in [-0.05, 0) is 37.0 Å². The van der Waals surface area contributed by atoms with Crippen LogP contribution in [0.2, 0.25) is 0 Å². The van der Waals surface area contributed by atoms with Crippen LogP contribution < -0.4 is 0 Å². The summed E-state index contributed by atoms with van der Waals surface area (Å²) in [7, 11) is 0. The van der Waals surface area contributed by atoms with Crippen molar-refractivity contribution in [1.29, 1.82) is 0 Å². The van der Waals surface area contributed by atoms with Crippen LogP contribution in [0.4, 0.5) is 0 Å². The highest BCUT2D eigenvalue weighted by atomic mass is 16.4. The van der Waals surface area contributed by atoms with Gasteiger partial charge in [0.25, 0.3) is 5.91 Å². The van der Waals surface area contributed by atoms with Crippen LogP contribution in [0.1, 0.15) is 35.7 Å². The molecule has 5 nitrogen and oxygen atoms in total. The van der Waals surface area contributed by atoms with Crippen LogP contribution in [0.3, 0.4) is 0 Å². The van der Waals surface area contributed by atoms with Crippen LogP contribution in [0.15, 0.2) is 28.9 Å². The van der Waals surface area contributed by atoms with Crippen LogP contribution in [0.25, 0.3) is 11.0 Å². The number of carboxylic acid groups (broad SMARTS) is 1. The number of nitrogens with zero attached hydrogens (tertiary/aromatic N) is 1. The van der Waals surface area contributed by atoms with Crippen LogP contribution in [-0.4, -0.2) is 35.0 Å². The van der Waals surface area contributed by atoms with Gasteiger partial charge in [0.1, 0.15) is 11.8 Å². The van der Waals surface area contributed by atoms with Crippen molar-refractivity contribution < 1.29 is 19.1 Å². The number of rotatable bonds is 3. The number of benzene rings is 1. The molecule has 0 aliphatic carbocycles. The predicted molar refractivity (Wildman–Crippen MR) is 81.9 cm³/mol. The van der Waals surface area contributed by atoms with Gasteiger partial charge in [-0.2, -0.15) is 0 Å². The highest BCUT2D eigenvalue weighted by Crippen LogP contribution is 2.26. The average Bonchev–Trinajstić information content (AvgIpc) is 2.97. The van der Waals surface area contributed by atoms with Gasteiger partial charge in [0.05, 0.1) is 11.5 Å². The third-order valence-corrected chi connectivity index (χ3v) is 4.41. The Morgan fingerprint density at radius 3 is 2.68 bits per heavy atom. The van der Waals surface area contributed by atoms with E-state index in [1.165, 1.54) is 6.26 Å². The van der Waals surface area contributed by atoms with E-state index in [1.54, 1.807) is 4.90 Å². The first-order chi connectivity index (χ1) is 10.6. The van der Waals surface area contributed by atoms with E-state index in [4.69, 9.17) is 9.52 Å². The van der Waals surface area contributed by atoms with Gasteiger partial charge < -0.3 is 14.4 Å². The molecule has 0 atom stereocenters. The van der Waals surface area contributed by atoms with Gasteiger partial charge >= 0.3 is 5.97 Å². The number of carboxylic acids is 1. The molecule has 0 spiro atoms. The molecule has 1 aliphatic rings. The maximum atomic E-state index is 12.7. The summed E-state index contributed by atoms with van der Waals surface area (Å²) in [5, 5.41) is 9.87. The number of furan rings is 1. The van der Waals surface area contributed by atoms with Crippen molar-refractivity contribution in [3.63, 3.8) is 0 Å². The topological polar surface area (TPSA) is 70.8 Å². The number of carbonyl (C=O) groups is 2. The minimum Gasteiger partial charge on any atom is -0.481 e. The molecule has 1 fully saturated rings. The molecule has 0 saturated carbocycles. The number of carbonyl (C=O) groups excluding carboxylic acids is 1. The summed E-state index contributed by atoms with van der Waals surface area (Å²) in [6, 6.07) is 5.89. The van der Waals surface area contributed by atoms with Gasteiger partial charge in [0, 0.05) is 18.5 Å². The smallest absolute Gasteiger partial charge is 0.306 e. The van der Waals surface area contributed by atoms with E-state index in [0.717, 1.165) is 17.4 Å². The number of aryl methyl sites for hydroxylation is 1. The molecule has 1 aliphatic heterocycles. The zero-order valence-electron chi connectivity index (χ0n) is 12.5. The van der Waals surface area contributed by atoms with Gasteiger partial charge in [0.2, 0.25) is 0 Å². The maximum Gasteiger partial charge on any atom is 0.306 e. The summed E-state index contributed by atoms with van der Waals surface area (Å²) in [5.74, 6) is -1.18. The molecular formula is C17H19NO4. The van der Waals surface area contributed by atoms with Crippen LogP contribution in [0, 0.1) is 5.92 Å². The summed E-state index contributed by atoms with van der Waals surface area (Å²) in [6.07, 6.45) is 3.43. The summed E-state index contributed by atoms with van der Waals surface area (Å²) in [4.78, 5) is 25.4. The minimum atomic E-state index is -0.770. The highest BCUT2D eigenvalue weighted by molar-refractivity contribution is 6.06. The van der Waals surface area contributed by atoms with Gasteiger partial charge in [-0.25, -0.2) is 0 Å². The monoisotopic (exact) mass is 301 g/mol. The van der Waals surface area contributed by atoms with Gasteiger partial charge in [-0.3, -0.25) is 9.59 Å². The summed E-state index contributed by atoms with van der Waals surface area (Å²) >= 11 is 0. The lowest BCUT2D eigenvalue weighted by molar-refractivity contribution is -0.143. The van der Waals surface area contributed by atoms with Crippen molar-refractivity contribution in [2.24, 2.45) is 5.92 Å². The fraction of sp³-hybridized carbons (Fsp3) is 0.412. The second kappa shape index (κ2) is 5.83. The third kappa shape index (κ3) is 2.58. The maximum absolute atomic E-state index is 12.7. The number of hydrogen-bond donors (Lipinski definition) is 1. The Morgan fingerprint density at radius 2 is 2.05 bits per heavy atom. The SMILES string of the molecule is CCc1ccc2occ(C(=O)N3CCC(C(=O)O)CC3)c2c1. The quantitative estimate of drug-likeness (QED) is 0.946. The molecule has 2 aromatic rings. The van der Waals surface area contributed by atoms with E-state index in [2.05, 4.69) is 6.92 Å². The molecule has 116 valence electrons. The molecule has 0 radical (unpaired) electrons. The Morgan fingerprint density at radius 1 is 1.32 bits per heavy atom. The molecule has 1 amide bonds. The molecule has 2 heterocycles. The zero-order chi connectivity index (χ0) is 15.7. The number of fused-ring (bicyclic) bond motifs is 1. The number of piperidine rings is 1. The first-order valence-corrected chi connectivity index (χ1v) is 7.62. The van der Waals surface area contributed by atoms with Crippen LogP contribution in [0.5, 0.6) is 0 Å². The van der Waals surface area contributed by atoms with Gasteiger partial charge in [-0.15, -0.1) is 0 Å². The molecule has 1 saturated heterocycles. The Balaban J connectivity index is 1.82. The van der Waals surface area contributed by atoms with E-state index in [1.807, 2.05) is 18.2 Å². The molecule has 1 aromatic carbocycles. The van der Waals surface area contributed by atoms with E-state index in [-0.39, 0.29) is 11.8 Å². The molecule has 22 heavy (non-hydrogen) atoms. The predicted octanol–water partition coefficient (Wildman–Crippen LogP) is 2.93. The van der Waals surface area contributed by atoms with E-state index in [9.17, 15) is 9.59 Å². The lowest BCUT2D eigenvalue weighted by Crippen LogP contribution is -2.40. The largest absolute Gasteiger partial charge is 0.481 e. The highest BCUT2D eigenvalue weighted by Gasteiger charge is 2.28. The van der Waals surface area contributed by atoms with E-state index in [0.29, 0.717) is 37.1 Å². The van der Waals surface area contributed by atoms with Gasteiger partial charge in [-0.1, -0.05) is 13.0 Å². The van der Waals surface area contributed by atoms with Crippen molar-refractivity contribution in [2.45, 2.75) is 26.2 Å². The summed E-state index contributed by atoms with van der Waals surface area (Å²) in [6.45, 7) is 3.03. The van der Waals surface area contributed by atoms with Gasteiger partial charge in [0.15, 0.2) is 0 Å². The average molecular weight is 301 g/mol. The minimum absolute atomic E-state index is 0.0733. The summed E-state index contributed by atoms with van der Waals surface area (Å²) in [5.41, 5.74) is 2.44. The second-order valence-corrected chi connectivity index (χ2v) is 5.74. The van der Waals surface area contributed by atoms with Crippen molar-refractivity contribution in [1.82, 2.24) is 4.90 Å². The summed E-state index contributed by atoms with van der Waals surface area (Å²) < 4.78 is 5.48. The van der Waals surface area contributed by atoms with Crippen molar-refractivity contribution in [2.75, 3.05) is 13.1 Å². The molecule has 5 heteroatoms. The lowest BCUT2D eigenvalue weighted by Gasteiger charge is -2.29. The zero-order valence-corrected chi connectivity index (χ0v) is 12.5. The number of amides is 1. The third-order valence-electron chi connectivity index (χ3n) is 4.41. The first-order valence-electron chi connectivity index (χ1n) is 7.62. The van der Waals surface area contributed by atoms with Crippen LogP contribution in [-0.2, 0) is 11.2 Å². The van der Waals surface area contributed by atoms with Crippen molar-refractivity contribution >= 4 is 22.8 Å².